The number of hydrogen-bond donors (Lipinski definition) is 2. The van der Waals surface area contributed by atoms with Crippen LogP contribution in [0.2, 0.25) is 5.02 Å². The Labute approximate surface area is 158 Å². The van der Waals surface area contributed by atoms with Crippen LogP contribution in [0.4, 0.5) is 10.5 Å². The molecule has 0 unspecified atom stereocenters. The highest BCUT2D eigenvalue weighted by Crippen LogP contribution is 2.19. The van der Waals surface area contributed by atoms with Gasteiger partial charge >= 0.3 is 6.03 Å². The van der Waals surface area contributed by atoms with Crippen molar-refractivity contribution >= 4 is 29.2 Å². The molecule has 0 atom stereocenters. The molecule has 136 valence electrons. The van der Waals surface area contributed by atoms with Crippen LogP contribution in [0, 0.1) is 5.92 Å². The monoisotopic (exact) mass is 371 g/mol. The van der Waals surface area contributed by atoms with Crippen LogP contribution in [-0.4, -0.2) is 29.9 Å². The summed E-state index contributed by atoms with van der Waals surface area (Å²) in [5.41, 5.74) is 1.75. The zero-order chi connectivity index (χ0) is 18.4. The summed E-state index contributed by atoms with van der Waals surface area (Å²) in [7, 11) is 0. The van der Waals surface area contributed by atoms with Crippen molar-refractivity contribution in [1.29, 1.82) is 0 Å². The van der Waals surface area contributed by atoms with Crippen LogP contribution in [0.3, 0.4) is 0 Å². The molecule has 1 aliphatic heterocycles. The molecule has 0 aromatic heterocycles. The lowest BCUT2D eigenvalue weighted by Gasteiger charge is -2.31. The van der Waals surface area contributed by atoms with Gasteiger partial charge in [0.25, 0.3) is 0 Å². The van der Waals surface area contributed by atoms with E-state index in [4.69, 9.17) is 11.6 Å². The van der Waals surface area contributed by atoms with Gasteiger partial charge in [-0.05, 0) is 42.7 Å². The number of likely N-dealkylation sites (tertiary alicyclic amines) is 1. The van der Waals surface area contributed by atoms with Gasteiger partial charge < -0.3 is 15.5 Å². The lowest BCUT2D eigenvalue weighted by Crippen LogP contribution is -2.44. The topological polar surface area (TPSA) is 61.4 Å². The minimum Gasteiger partial charge on any atom is -0.352 e. The van der Waals surface area contributed by atoms with Crippen LogP contribution in [0.5, 0.6) is 0 Å². The molecule has 0 bridgehead atoms. The first-order chi connectivity index (χ1) is 12.6. The molecule has 0 spiro atoms. The molecule has 0 saturated carbocycles. The molecule has 1 aliphatic rings. The number of piperidine rings is 1. The Kier molecular flexibility index (Phi) is 6.12. The van der Waals surface area contributed by atoms with E-state index in [1.807, 2.05) is 54.6 Å². The Hall–Kier alpha value is -2.53. The van der Waals surface area contributed by atoms with Gasteiger partial charge in [-0.1, -0.05) is 41.9 Å². The number of rotatable bonds is 4. The van der Waals surface area contributed by atoms with Crippen LogP contribution in [-0.2, 0) is 11.3 Å². The predicted molar refractivity (Wildman–Crippen MR) is 103 cm³/mol. The third-order valence-electron chi connectivity index (χ3n) is 4.53. The molecule has 3 amide bonds. The maximum Gasteiger partial charge on any atom is 0.321 e. The van der Waals surface area contributed by atoms with E-state index < -0.39 is 0 Å². The lowest BCUT2D eigenvalue weighted by atomic mass is 9.96. The van der Waals surface area contributed by atoms with Gasteiger partial charge in [0.1, 0.15) is 0 Å². The van der Waals surface area contributed by atoms with E-state index in [-0.39, 0.29) is 17.9 Å². The largest absolute Gasteiger partial charge is 0.352 e. The number of para-hydroxylation sites is 1. The molecule has 3 rings (SSSR count). The highest BCUT2D eigenvalue weighted by Gasteiger charge is 2.27. The van der Waals surface area contributed by atoms with Crippen LogP contribution < -0.4 is 10.6 Å². The first-order valence-electron chi connectivity index (χ1n) is 8.75. The van der Waals surface area contributed by atoms with Gasteiger partial charge in [-0.2, -0.15) is 0 Å². The van der Waals surface area contributed by atoms with Crippen molar-refractivity contribution in [2.45, 2.75) is 19.4 Å². The van der Waals surface area contributed by atoms with Crippen molar-refractivity contribution in [3.8, 4) is 0 Å². The second-order valence-electron chi connectivity index (χ2n) is 6.41. The summed E-state index contributed by atoms with van der Waals surface area (Å²) >= 11 is 5.96. The number of carbonyl (C=O) groups excluding carboxylic acids is 2. The highest BCUT2D eigenvalue weighted by atomic mass is 35.5. The smallest absolute Gasteiger partial charge is 0.321 e. The fourth-order valence-electron chi connectivity index (χ4n) is 3.05. The highest BCUT2D eigenvalue weighted by molar-refractivity contribution is 6.30. The first kappa shape index (κ1) is 18.3. The molecule has 1 heterocycles. The van der Waals surface area contributed by atoms with E-state index in [1.54, 1.807) is 4.90 Å². The number of nitrogens with one attached hydrogen (secondary N) is 2. The van der Waals surface area contributed by atoms with E-state index in [2.05, 4.69) is 10.6 Å². The standard InChI is InChI=1S/C20H22ClN3O2/c21-17-6-4-5-15(13-17)14-22-19(25)16-9-11-24(12-10-16)20(26)23-18-7-2-1-3-8-18/h1-8,13,16H,9-12,14H2,(H,22,25)(H,23,26). The van der Waals surface area contributed by atoms with E-state index >= 15 is 0 Å². The molecule has 0 radical (unpaired) electrons. The SMILES string of the molecule is O=C(NCc1cccc(Cl)c1)C1CCN(C(=O)Nc2ccccc2)CC1. The second kappa shape index (κ2) is 8.72. The van der Waals surface area contributed by atoms with Crippen molar-refractivity contribution in [2.24, 2.45) is 5.92 Å². The summed E-state index contributed by atoms with van der Waals surface area (Å²) in [5.74, 6) is -0.0250. The number of hydrogen-bond acceptors (Lipinski definition) is 2. The van der Waals surface area contributed by atoms with Crippen molar-refractivity contribution in [3.05, 3.63) is 65.2 Å². The number of urea groups is 1. The Balaban J connectivity index is 1.44. The fraction of sp³-hybridized carbons (Fsp3) is 0.300. The summed E-state index contributed by atoms with van der Waals surface area (Å²) in [6.45, 7) is 1.62. The van der Waals surface area contributed by atoms with Crippen molar-refractivity contribution in [2.75, 3.05) is 18.4 Å². The third-order valence-corrected chi connectivity index (χ3v) is 4.77. The van der Waals surface area contributed by atoms with E-state index in [1.165, 1.54) is 0 Å². The summed E-state index contributed by atoms with van der Waals surface area (Å²) in [6.07, 6.45) is 1.34. The molecule has 5 nitrogen and oxygen atoms in total. The first-order valence-corrected chi connectivity index (χ1v) is 9.13. The molecule has 0 aliphatic carbocycles. The zero-order valence-electron chi connectivity index (χ0n) is 14.5. The van der Waals surface area contributed by atoms with Crippen molar-refractivity contribution < 1.29 is 9.59 Å². The summed E-state index contributed by atoms with van der Waals surface area (Å²) in [4.78, 5) is 26.4. The van der Waals surface area contributed by atoms with Crippen LogP contribution in [0.15, 0.2) is 54.6 Å². The Bertz CT molecular complexity index is 759. The van der Waals surface area contributed by atoms with Crippen LogP contribution >= 0.6 is 11.6 Å². The van der Waals surface area contributed by atoms with Gasteiger partial charge in [0.05, 0.1) is 0 Å². The van der Waals surface area contributed by atoms with Gasteiger partial charge in [-0.15, -0.1) is 0 Å². The number of nitrogens with zero attached hydrogens (tertiary/aromatic N) is 1. The fourth-order valence-corrected chi connectivity index (χ4v) is 3.26. The van der Waals surface area contributed by atoms with Crippen LogP contribution in [0.1, 0.15) is 18.4 Å². The summed E-state index contributed by atoms with van der Waals surface area (Å²) < 4.78 is 0. The number of benzene rings is 2. The number of carbonyl (C=O) groups is 2. The predicted octanol–water partition coefficient (Wildman–Crippen LogP) is 3.90. The maximum absolute atomic E-state index is 12.4. The minimum atomic E-state index is -0.117. The normalized spacial score (nSPS) is 14.7. The molecule has 26 heavy (non-hydrogen) atoms. The maximum atomic E-state index is 12.4. The van der Waals surface area contributed by atoms with E-state index in [9.17, 15) is 9.59 Å². The van der Waals surface area contributed by atoms with Crippen molar-refractivity contribution in [1.82, 2.24) is 10.2 Å². The van der Waals surface area contributed by atoms with E-state index in [0.29, 0.717) is 37.5 Å². The van der Waals surface area contributed by atoms with Gasteiger partial charge in [0.15, 0.2) is 0 Å². The van der Waals surface area contributed by atoms with Gasteiger partial charge in [0.2, 0.25) is 5.91 Å². The quantitative estimate of drug-likeness (QED) is 0.856. The number of anilines is 1. The minimum absolute atomic E-state index is 0.0353. The van der Waals surface area contributed by atoms with Gasteiger partial charge in [-0.3, -0.25) is 4.79 Å². The Morgan fingerprint density at radius 1 is 1.04 bits per heavy atom. The molecule has 6 heteroatoms. The number of halogens is 1. The van der Waals surface area contributed by atoms with E-state index in [0.717, 1.165) is 11.3 Å². The molecular weight excluding hydrogens is 350 g/mol. The van der Waals surface area contributed by atoms with Crippen molar-refractivity contribution in [3.63, 3.8) is 0 Å². The third kappa shape index (κ3) is 4.99. The molecule has 2 aromatic carbocycles. The molecular formula is C20H22ClN3O2. The lowest BCUT2D eigenvalue weighted by molar-refractivity contribution is -0.126. The zero-order valence-corrected chi connectivity index (χ0v) is 15.2. The van der Waals surface area contributed by atoms with Gasteiger partial charge in [-0.25, -0.2) is 4.79 Å². The molecule has 1 fully saturated rings. The van der Waals surface area contributed by atoms with Gasteiger partial charge in [0, 0.05) is 36.3 Å². The summed E-state index contributed by atoms with van der Waals surface area (Å²) in [6, 6.07) is 16.7. The molecule has 2 N–H and O–H groups in total. The second-order valence-corrected chi connectivity index (χ2v) is 6.84. The van der Waals surface area contributed by atoms with Crippen LogP contribution in [0.25, 0.3) is 0 Å². The molecule has 1 saturated heterocycles. The summed E-state index contributed by atoms with van der Waals surface area (Å²) in [5, 5.41) is 6.51. The number of amides is 3. The average Bonchev–Trinajstić information content (AvgIpc) is 2.67. The Morgan fingerprint density at radius 3 is 2.46 bits per heavy atom. The average molecular weight is 372 g/mol. The molecule has 2 aromatic rings. The Morgan fingerprint density at radius 2 is 1.77 bits per heavy atom.